The Balaban J connectivity index is 1.94. The lowest BCUT2D eigenvalue weighted by molar-refractivity contribution is -0.123. The zero-order chi connectivity index (χ0) is 19.8. The molecule has 0 fully saturated rings. The first kappa shape index (κ1) is 20.0. The third-order valence-electron chi connectivity index (χ3n) is 4.23. The lowest BCUT2D eigenvalue weighted by atomic mass is 10.1. The zero-order valence-electron chi connectivity index (χ0n) is 15.9. The molecular formula is C21H24N4O2. The molecule has 0 saturated carbocycles. The summed E-state index contributed by atoms with van der Waals surface area (Å²) in [6.07, 6.45) is -0.281. The predicted molar refractivity (Wildman–Crippen MR) is 108 cm³/mol. The van der Waals surface area contributed by atoms with Gasteiger partial charge in [0.05, 0.1) is 11.6 Å². The van der Waals surface area contributed by atoms with Crippen molar-refractivity contribution in [3.8, 4) is 6.07 Å². The number of amides is 2. The molecule has 0 heterocycles. The van der Waals surface area contributed by atoms with Crippen LogP contribution in [0.25, 0.3) is 0 Å². The fourth-order valence-corrected chi connectivity index (χ4v) is 2.75. The van der Waals surface area contributed by atoms with E-state index in [0.29, 0.717) is 16.9 Å². The molecule has 0 spiro atoms. The zero-order valence-corrected chi connectivity index (χ0v) is 15.9. The number of carbonyl (C=O) groups excluding carboxylic acids is 2. The SMILES string of the molecule is CCN(CC)c1ccc(NC(=O)CC(=O)Nc2ccc(C#N)cc2)c(C)c1. The van der Waals surface area contributed by atoms with E-state index in [1.807, 2.05) is 31.2 Å². The van der Waals surface area contributed by atoms with Gasteiger partial charge in [0.2, 0.25) is 11.8 Å². The molecular weight excluding hydrogens is 340 g/mol. The molecule has 0 unspecified atom stereocenters. The summed E-state index contributed by atoms with van der Waals surface area (Å²) in [7, 11) is 0. The Labute approximate surface area is 159 Å². The number of hydrogen-bond acceptors (Lipinski definition) is 4. The van der Waals surface area contributed by atoms with E-state index >= 15 is 0 Å². The molecule has 27 heavy (non-hydrogen) atoms. The molecule has 0 bridgehead atoms. The molecule has 140 valence electrons. The van der Waals surface area contributed by atoms with Crippen molar-refractivity contribution >= 4 is 28.9 Å². The van der Waals surface area contributed by atoms with Gasteiger partial charge in [-0.15, -0.1) is 0 Å². The van der Waals surface area contributed by atoms with Crippen LogP contribution in [-0.4, -0.2) is 24.9 Å². The molecule has 2 rings (SSSR count). The van der Waals surface area contributed by atoms with Crippen LogP contribution in [0.15, 0.2) is 42.5 Å². The first-order valence-corrected chi connectivity index (χ1v) is 8.92. The van der Waals surface area contributed by atoms with E-state index in [0.717, 1.165) is 24.3 Å². The molecule has 0 radical (unpaired) electrons. The van der Waals surface area contributed by atoms with Crippen LogP contribution >= 0.6 is 0 Å². The Bertz CT molecular complexity index is 849. The predicted octanol–water partition coefficient (Wildman–Crippen LogP) is 3.68. The smallest absolute Gasteiger partial charge is 0.233 e. The molecule has 2 amide bonds. The molecule has 2 aromatic rings. The molecule has 0 aliphatic heterocycles. The lowest BCUT2D eigenvalue weighted by Crippen LogP contribution is -2.23. The van der Waals surface area contributed by atoms with E-state index in [-0.39, 0.29) is 12.3 Å². The Morgan fingerprint density at radius 3 is 2.19 bits per heavy atom. The average Bonchev–Trinajstić information content (AvgIpc) is 2.65. The van der Waals surface area contributed by atoms with Gasteiger partial charge in [-0.1, -0.05) is 0 Å². The van der Waals surface area contributed by atoms with Crippen molar-refractivity contribution in [3.05, 3.63) is 53.6 Å². The second kappa shape index (κ2) is 9.39. The quantitative estimate of drug-likeness (QED) is 0.734. The van der Waals surface area contributed by atoms with Crippen LogP contribution in [0.3, 0.4) is 0 Å². The molecule has 2 aromatic carbocycles. The van der Waals surface area contributed by atoms with Crippen molar-refractivity contribution in [1.29, 1.82) is 5.26 Å². The number of aryl methyl sites for hydroxylation is 1. The number of carbonyl (C=O) groups is 2. The number of nitrogens with one attached hydrogen (secondary N) is 2. The minimum absolute atomic E-state index is 0.281. The topological polar surface area (TPSA) is 85.2 Å². The maximum absolute atomic E-state index is 12.2. The third kappa shape index (κ3) is 5.58. The molecule has 0 aliphatic carbocycles. The van der Waals surface area contributed by atoms with Crippen molar-refractivity contribution in [1.82, 2.24) is 0 Å². The molecule has 0 aliphatic rings. The molecule has 6 nitrogen and oxygen atoms in total. The Morgan fingerprint density at radius 1 is 1.00 bits per heavy atom. The Hall–Kier alpha value is -3.33. The standard InChI is InChI=1S/C21H24N4O2/c1-4-25(5-2)18-10-11-19(15(3)12-18)24-21(27)13-20(26)23-17-8-6-16(14-22)7-9-17/h6-12H,4-5,13H2,1-3H3,(H,23,26)(H,24,27). The van der Waals surface area contributed by atoms with E-state index < -0.39 is 5.91 Å². The summed E-state index contributed by atoms with van der Waals surface area (Å²) in [6.45, 7) is 7.95. The highest BCUT2D eigenvalue weighted by Gasteiger charge is 2.12. The van der Waals surface area contributed by atoms with Gasteiger partial charge in [0.15, 0.2) is 0 Å². The van der Waals surface area contributed by atoms with Gasteiger partial charge in [-0.25, -0.2) is 0 Å². The van der Waals surface area contributed by atoms with Crippen LogP contribution in [0.4, 0.5) is 17.1 Å². The molecule has 6 heteroatoms. The normalized spacial score (nSPS) is 10.0. The van der Waals surface area contributed by atoms with E-state index in [1.165, 1.54) is 0 Å². The molecule has 2 N–H and O–H groups in total. The minimum Gasteiger partial charge on any atom is -0.372 e. The summed E-state index contributed by atoms with van der Waals surface area (Å²) >= 11 is 0. The monoisotopic (exact) mass is 364 g/mol. The first-order valence-electron chi connectivity index (χ1n) is 8.92. The van der Waals surface area contributed by atoms with E-state index in [9.17, 15) is 9.59 Å². The summed E-state index contributed by atoms with van der Waals surface area (Å²) in [5.41, 5.74) is 3.80. The van der Waals surface area contributed by atoms with Gasteiger partial charge in [-0.2, -0.15) is 5.26 Å². The average molecular weight is 364 g/mol. The molecule has 0 saturated heterocycles. The minimum atomic E-state index is -0.408. The van der Waals surface area contributed by atoms with Crippen molar-refractivity contribution in [2.45, 2.75) is 27.2 Å². The third-order valence-corrected chi connectivity index (χ3v) is 4.23. The Morgan fingerprint density at radius 2 is 1.63 bits per heavy atom. The highest BCUT2D eigenvalue weighted by atomic mass is 16.2. The first-order chi connectivity index (χ1) is 13.0. The van der Waals surface area contributed by atoms with Gasteiger partial charge >= 0.3 is 0 Å². The van der Waals surface area contributed by atoms with Crippen LogP contribution in [-0.2, 0) is 9.59 Å². The summed E-state index contributed by atoms with van der Waals surface area (Å²) in [5.74, 6) is -0.783. The number of nitriles is 1. The van der Waals surface area contributed by atoms with Crippen LogP contribution in [0, 0.1) is 18.3 Å². The van der Waals surface area contributed by atoms with Gasteiger partial charge < -0.3 is 15.5 Å². The van der Waals surface area contributed by atoms with Crippen LogP contribution in [0.2, 0.25) is 0 Å². The van der Waals surface area contributed by atoms with Crippen LogP contribution < -0.4 is 15.5 Å². The number of nitrogens with zero attached hydrogens (tertiary/aromatic N) is 2. The fraction of sp³-hybridized carbons (Fsp3) is 0.286. The molecule has 0 atom stereocenters. The second-order valence-corrected chi connectivity index (χ2v) is 6.13. The molecule has 0 aromatic heterocycles. The van der Waals surface area contributed by atoms with Gasteiger partial charge in [-0.05, 0) is 68.8 Å². The van der Waals surface area contributed by atoms with Gasteiger partial charge in [0, 0.05) is 30.2 Å². The highest BCUT2D eigenvalue weighted by molar-refractivity contribution is 6.08. The van der Waals surface area contributed by atoms with Crippen molar-refractivity contribution < 1.29 is 9.59 Å². The maximum atomic E-state index is 12.2. The number of benzene rings is 2. The lowest BCUT2D eigenvalue weighted by Gasteiger charge is -2.22. The number of rotatable bonds is 7. The highest BCUT2D eigenvalue weighted by Crippen LogP contribution is 2.22. The largest absolute Gasteiger partial charge is 0.372 e. The number of anilines is 3. The van der Waals surface area contributed by atoms with Gasteiger partial charge in [-0.3, -0.25) is 9.59 Å². The summed E-state index contributed by atoms with van der Waals surface area (Å²) in [5, 5.41) is 14.2. The van der Waals surface area contributed by atoms with E-state index in [4.69, 9.17) is 5.26 Å². The van der Waals surface area contributed by atoms with Crippen molar-refractivity contribution in [2.24, 2.45) is 0 Å². The Kier molecular flexibility index (Phi) is 6.95. The number of hydrogen-bond donors (Lipinski definition) is 2. The fourth-order valence-electron chi connectivity index (χ4n) is 2.75. The summed E-state index contributed by atoms with van der Waals surface area (Å²) in [4.78, 5) is 26.4. The van der Waals surface area contributed by atoms with Gasteiger partial charge in [0.1, 0.15) is 6.42 Å². The van der Waals surface area contributed by atoms with E-state index in [2.05, 4.69) is 29.4 Å². The maximum Gasteiger partial charge on any atom is 0.233 e. The van der Waals surface area contributed by atoms with Crippen molar-refractivity contribution in [2.75, 3.05) is 28.6 Å². The van der Waals surface area contributed by atoms with Crippen LogP contribution in [0.5, 0.6) is 0 Å². The van der Waals surface area contributed by atoms with Crippen LogP contribution in [0.1, 0.15) is 31.4 Å². The van der Waals surface area contributed by atoms with E-state index in [1.54, 1.807) is 24.3 Å². The summed E-state index contributed by atoms with van der Waals surface area (Å²) < 4.78 is 0. The summed E-state index contributed by atoms with van der Waals surface area (Å²) in [6, 6.07) is 14.3. The van der Waals surface area contributed by atoms with Gasteiger partial charge in [0.25, 0.3) is 0 Å². The van der Waals surface area contributed by atoms with Crippen molar-refractivity contribution in [3.63, 3.8) is 0 Å². The second-order valence-electron chi connectivity index (χ2n) is 6.13.